The molecular formula is C15H22N2O. The van der Waals surface area contributed by atoms with Crippen molar-refractivity contribution < 1.29 is 4.79 Å². The molecule has 0 radical (unpaired) electrons. The summed E-state index contributed by atoms with van der Waals surface area (Å²) in [5.41, 5.74) is 5.87. The molecule has 1 amide bonds. The van der Waals surface area contributed by atoms with Gasteiger partial charge in [-0.3, -0.25) is 4.79 Å². The Morgan fingerprint density at radius 3 is 2.22 bits per heavy atom. The van der Waals surface area contributed by atoms with Crippen LogP contribution < -0.4 is 11.1 Å². The van der Waals surface area contributed by atoms with Crippen molar-refractivity contribution in [3.05, 3.63) is 0 Å². The molecule has 1 atom stereocenters. The molecule has 4 rings (SSSR count). The molecule has 4 fully saturated rings. The second-order valence-electron chi connectivity index (χ2n) is 6.47. The third-order valence-corrected chi connectivity index (χ3v) is 5.47. The average Bonchev–Trinajstić information content (AvgIpc) is 2.35. The zero-order valence-electron chi connectivity index (χ0n) is 10.8. The summed E-state index contributed by atoms with van der Waals surface area (Å²) in [7, 11) is 0. The fourth-order valence-electron chi connectivity index (χ4n) is 5.15. The first-order valence-corrected chi connectivity index (χ1v) is 7.18. The van der Waals surface area contributed by atoms with Gasteiger partial charge < -0.3 is 11.1 Å². The van der Waals surface area contributed by atoms with Crippen molar-refractivity contribution >= 4 is 5.91 Å². The van der Waals surface area contributed by atoms with E-state index in [1.807, 2.05) is 0 Å². The molecule has 0 spiro atoms. The number of carbonyl (C=O) groups excluding carboxylic acids is 1. The maximum Gasteiger partial charge on any atom is 0.295 e. The summed E-state index contributed by atoms with van der Waals surface area (Å²) < 4.78 is 0. The van der Waals surface area contributed by atoms with Crippen LogP contribution in [-0.4, -0.2) is 18.5 Å². The van der Waals surface area contributed by atoms with Crippen LogP contribution in [-0.2, 0) is 4.79 Å². The molecule has 0 aromatic heterocycles. The van der Waals surface area contributed by atoms with Crippen LogP contribution in [0.5, 0.6) is 0 Å². The summed E-state index contributed by atoms with van der Waals surface area (Å²) in [6.45, 7) is 0.514. The van der Waals surface area contributed by atoms with Crippen molar-refractivity contribution in [3.63, 3.8) is 0 Å². The van der Waals surface area contributed by atoms with Gasteiger partial charge in [0, 0.05) is 12.6 Å². The van der Waals surface area contributed by atoms with Crippen LogP contribution in [0.1, 0.15) is 32.1 Å². The molecule has 3 nitrogen and oxygen atoms in total. The lowest BCUT2D eigenvalue weighted by molar-refractivity contribution is -0.118. The van der Waals surface area contributed by atoms with E-state index >= 15 is 0 Å². The van der Waals surface area contributed by atoms with E-state index in [4.69, 9.17) is 12.2 Å². The van der Waals surface area contributed by atoms with Gasteiger partial charge in [-0.15, -0.1) is 6.42 Å². The summed E-state index contributed by atoms with van der Waals surface area (Å²) in [5.74, 6) is 5.85. The highest BCUT2D eigenvalue weighted by Crippen LogP contribution is 2.57. The maximum absolute atomic E-state index is 11.4. The molecule has 4 aliphatic rings. The van der Waals surface area contributed by atoms with Crippen molar-refractivity contribution in [2.75, 3.05) is 6.54 Å². The molecule has 4 aliphatic carbocycles. The second kappa shape index (κ2) is 4.59. The van der Waals surface area contributed by atoms with Crippen molar-refractivity contribution in [1.29, 1.82) is 0 Å². The Morgan fingerprint density at radius 1 is 1.22 bits per heavy atom. The number of terminal acetylenes is 1. The lowest BCUT2D eigenvalue weighted by Gasteiger charge is -2.56. The number of rotatable bonds is 3. The van der Waals surface area contributed by atoms with E-state index in [9.17, 15) is 4.79 Å². The summed E-state index contributed by atoms with van der Waals surface area (Å²) in [4.78, 5) is 11.4. The highest BCUT2D eigenvalue weighted by molar-refractivity contribution is 5.93. The molecule has 3 heteroatoms. The Hall–Kier alpha value is -1.01. The van der Waals surface area contributed by atoms with Crippen LogP contribution in [0.4, 0.5) is 0 Å². The number of hydrogen-bond donors (Lipinski definition) is 2. The van der Waals surface area contributed by atoms with Crippen molar-refractivity contribution in [2.45, 2.75) is 38.1 Å². The highest BCUT2D eigenvalue weighted by Gasteiger charge is 2.50. The lowest BCUT2D eigenvalue weighted by Crippen LogP contribution is -2.56. The number of amides is 1. The topological polar surface area (TPSA) is 55.1 Å². The fourth-order valence-corrected chi connectivity index (χ4v) is 5.15. The third kappa shape index (κ3) is 1.93. The van der Waals surface area contributed by atoms with E-state index in [1.165, 1.54) is 32.1 Å². The van der Waals surface area contributed by atoms with Crippen LogP contribution in [0.25, 0.3) is 0 Å². The van der Waals surface area contributed by atoms with Gasteiger partial charge in [-0.1, -0.05) is 0 Å². The Labute approximate surface area is 109 Å². The molecule has 98 valence electrons. The van der Waals surface area contributed by atoms with Crippen LogP contribution in [0, 0.1) is 41.9 Å². The molecule has 0 aliphatic heterocycles. The molecule has 4 saturated carbocycles. The van der Waals surface area contributed by atoms with Gasteiger partial charge in [-0.05, 0) is 67.6 Å². The van der Waals surface area contributed by atoms with E-state index in [2.05, 4.69) is 11.2 Å². The molecule has 0 heterocycles. The smallest absolute Gasteiger partial charge is 0.295 e. The van der Waals surface area contributed by atoms with Crippen molar-refractivity contribution in [3.8, 4) is 12.3 Å². The van der Waals surface area contributed by atoms with E-state index in [-0.39, 0.29) is 11.9 Å². The number of hydrogen-bond acceptors (Lipinski definition) is 2. The zero-order chi connectivity index (χ0) is 12.7. The SMILES string of the molecule is C#CC(=O)NC(CN)C1C2CC3CC(C2)CC1C3. The van der Waals surface area contributed by atoms with Gasteiger partial charge >= 0.3 is 0 Å². The summed E-state index contributed by atoms with van der Waals surface area (Å²) in [5, 5.41) is 2.94. The predicted molar refractivity (Wildman–Crippen MR) is 70.4 cm³/mol. The standard InChI is InChI=1S/C15H22N2O/c1-2-14(18)17-13(8-16)15-11-4-9-3-10(6-11)7-12(15)5-9/h1,9-13,15H,3-8,16H2,(H,17,18). The average molecular weight is 246 g/mol. The minimum atomic E-state index is -0.306. The largest absolute Gasteiger partial charge is 0.341 e. The Bertz CT molecular complexity index is 356. The number of nitrogens with one attached hydrogen (secondary N) is 1. The van der Waals surface area contributed by atoms with Gasteiger partial charge in [0.2, 0.25) is 0 Å². The second-order valence-corrected chi connectivity index (χ2v) is 6.47. The quantitative estimate of drug-likeness (QED) is 0.734. The van der Waals surface area contributed by atoms with E-state index in [1.54, 1.807) is 0 Å². The predicted octanol–water partition coefficient (Wildman–Crippen LogP) is 1.14. The minimum Gasteiger partial charge on any atom is -0.341 e. The monoisotopic (exact) mass is 246 g/mol. The number of nitrogens with two attached hydrogens (primary N) is 1. The normalized spacial score (nSPS) is 42.3. The minimum absolute atomic E-state index is 0.0866. The van der Waals surface area contributed by atoms with Gasteiger partial charge in [-0.25, -0.2) is 0 Å². The molecule has 4 bridgehead atoms. The Kier molecular flexibility index (Phi) is 3.07. The summed E-state index contributed by atoms with van der Waals surface area (Å²) >= 11 is 0. The van der Waals surface area contributed by atoms with E-state index in [0.717, 1.165) is 23.7 Å². The lowest BCUT2D eigenvalue weighted by atomic mass is 9.50. The molecule has 0 saturated heterocycles. The zero-order valence-corrected chi connectivity index (χ0v) is 10.8. The molecule has 1 unspecified atom stereocenters. The van der Waals surface area contributed by atoms with Crippen LogP contribution in [0.2, 0.25) is 0 Å². The Morgan fingerprint density at radius 2 is 1.78 bits per heavy atom. The summed E-state index contributed by atoms with van der Waals surface area (Å²) in [6, 6.07) is 0.0866. The summed E-state index contributed by atoms with van der Waals surface area (Å²) in [6.07, 6.45) is 12.0. The van der Waals surface area contributed by atoms with Crippen molar-refractivity contribution in [2.24, 2.45) is 35.3 Å². The van der Waals surface area contributed by atoms with Crippen LogP contribution in [0.15, 0.2) is 0 Å². The van der Waals surface area contributed by atoms with Crippen LogP contribution in [0.3, 0.4) is 0 Å². The first-order chi connectivity index (χ1) is 8.71. The van der Waals surface area contributed by atoms with Gasteiger partial charge in [0.05, 0.1) is 0 Å². The molecule has 18 heavy (non-hydrogen) atoms. The van der Waals surface area contributed by atoms with Gasteiger partial charge in [0.1, 0.15) is 0 Å². The van der Waals surface area contributed by atoms with E-state index in [0.29, 0.717) is 12.5 Å². The fraction of sp³-hybridized carbons (Fsp3) is 0.800. The first kappa shape index (κ1) is 12.0. The highest BCUT2D eigenvalue weighted by atomic mass is 16.1. The van der Waals surface area contributed by atoms with Crippen LogP contribution >= 0.6 is 0 Å². The van der Waals surface area contributed by atoms with E-state index < -0.39 is 0 Å². The Balaban J connectivity index is 1.75. The maximum atomic E-state index is 11.4. The number of carbonyl (C=O) groups is 1. The molecule has 0 aromatic rings. The third-order valence-electron chi connectivity index (χ3n) is 5.47. The van der Waals surface area contributed by atoms with Gasteiger partial charge in [0.25, 0.3) is 5.91 Å². The molecule has 0 aromatic carbocycles. The van der Waals surface area contributed by atoms with Gasteiger partial charge in [-0.2, -0.15) is 0 Å². The molecule has 3 N–H and O–H groups in total. The molecular weight excluding hydrogens is 224 g/mol. The van der Waals surface area contributed by atoms with Gasteiger partial charge in [0.15, 0.2) is 0 Å². The first-order valence-electron chi connectivity index (χ1n) is 7.18. The van der Waals surface area contributed by atoms with Crippen molar-refractivity contribution in [1.82, 2.24) is 5.32 Å².